The number of benzene rings is 1. The Bertz CT molecular complexity index is 410. The van der Waals surface area contributed by atoms with Gasteiger partial charge in [0.2, 0.25) is 6.79 Å². The summed E-state index contributed by atoms with van der Waals surface area (Å²) in [6, 6.07) is 6.07. The van der Waals surface area contributed by atoms with Gasteiger partial charge in [-0.3, -0.25) is 0 Å². The maximum Gasteiger partial charge on any atom is 0.231 e. The van der Waals surface area contributed by atoms with E-state index in [2.05, 4.69) is 5.32 Å². The molecule has 0 amide bonds. The van der Waals surface area contributed by atoms with Gasteiger partial charge in [-0.15, -0.1) is 0 Å². The Labute approximate surface area is 113 Å². The van der Waals surface area contributed by atoms with Crippen molar-refractivity contribution in [2.75, 3.05) is 34.2 Å². The first-order chi connectivity index (χ1) is 9.24. The van der Waals surface area contributed by atoms with Crippen LogP contribution in [0, 0.1) is 0 Å². The molecule has 2 rings (SSSR count). The van der Waals surface area contributed by atoms with Crippen molar-refractivity contribution in [2.24, 2.45) is 0 Å². The number of nitrogens with one attached hydrogen (secondary N) is 1. The molecule has 0 saturated heterocycles. The SMILES string of the molecule is CNC(COC(C)COC)c1ccc2c(c1)OCO2. The van der Waals surface area contributed by atoms with Gasteiger partial charge in [-0.1, -0.05) is 6.07 Å². The van der Waals surface area contributed by atoms with Gasteiger partial charge in [-0.25, -0.2) is 0 Å². The smallest absolute Gasteiger partial charge is 0.231 e. The third kappa shape index (κ3) is 3.59. The molecule has 0 saturated carbocycles. The molecule has 106 valence electrons. The molecule has 0 aromatic heterocycles. The van der Waals surface area contributed by atoms with Gasteiger partial charge in [0.15, 0.2) is 11.5 Å². The zero-order valence-electron chi connectivity index (χ0n) is 11.6. The van der Waals surface area contributed by atoms with Crippen LogP contribution < -0.4 is 14.8 Å². The summed E-state index contributed by atoms with van der Waals surface area (Å²) in [4.78, 5) is 0. The van der Waals surface area contributed by atoms with E-state index in [1.54, 1.807) is 7.11 Å². The average molecular weight is 267 g/mol. The second-order valence-electron chi connectivity index (χ2n) is 4.55. The first-order valence-electron chi connectivity index (χ1n) is 6.42. The highest BCUT2D eigenvalue weighted by Crippen LogP contribution is 2.34. The van der Waals surface area contributed by atoms with Crippen LogP contribution in [0.3, 0.4) is 0 Å². The van der Waals surface area contributed by atoms with Crippen LogP contribution in [0.25, 0.3) is 0 Å². The molecule has 5 nitrogen and oxygen atoms in total. The maximum absolute atomic E-state index is 5.75. The molecule has 1 N–H and O–H groups in total. The average Bonchev–Trinajstić information content (AvgIpc) is 2.87. The van der Waals surface area contributed by atoms with E-state index in [-0.39, 0.29) is 12.1 Å². The summed E-state index contributed by atoms with van der Waals surface area (Å²) >= 11 is 0. The molecule has 0 aliphatic carbocycles. The van der Waals surface area contributed by atoms with Crippen molar-refractivity contribution >= 4 is 0 Å². The van der Waals surface area contributed by atoms with Crippen molar-refractivity contribution in [3.63, 3.8) is 0 Å². The number of hydrogen-bond donors (Lipinski definition) is 1. The first-order valence-corrected chi connectivity index (χ1v) is 6.42. The molecule has 0 bridgehead atoms. The summed E-state index contributed by atoms with van der Waals surface area (Å²) in [5.74, 6) is 1.59. The van der Waals surface area contributed by atoms with Crippen molar-refractivity contribution in [2.45, 2.75) is 19.1 Å². The van der Waals surface area contributed by atoms with E-state index in [9.17, 15) is 0 Å². The van der Waals surface area contributed by atoms with Crippen molar-refractivity contribution < 1.29 is 18.9 Å². The Kier molecular flexibility index (Phi) is 5.01. The highest BCUT2D eigenvalue weighted by Gasteiger charge is 2.17. The number of likely N-dealkylation sites (N-methyl/N-ethyl adjacent to an activating group) is 1. The quantitative estimate of drug-likeness (QED) is 0.815. The van der Waals surface area contributed by atoms with Crippen LogP contribution in [0.15, 0.2) is 18.2 Å². The minimum atomic E-state index is 0.0786. The van der Waals surface area contributed by atoms with Gasteiger partial charge in [0.1, 0.15) is 0 Å². The largest absolute Gasteiger partial charge is 0.454 e. The third-order valence-electron chi connectivity index (χ3n) is 3.10. The van der Waals surface area contributed by atoms with Gasteiger partial charge >= 0.3 is 0 Å². The Morgan fingerprint density at radius 3 is 2.79 bits per heavy atom. The van der Waals surface area contributed by atoms with Gasteiger partial charge < -0.3 is 24.3 Å². The van der Waals surface area contributed by atoms with Crippen molar-refractivity contribution in [1.29, 1.82) is 0 Å². The van der Waals surface area contributed by atoms with Gasteiger partial charge in [0.25, 0.3) is 0 Å². The number of methoxy groups -OCH3 is 1. The lowest BCUT2D eigenvalue weighted by Crippen LogP contribution is -2.25. The summed E-state index contributed by atoms with van der Waals surface area (Å²) < 4.78 is 21.5. The van der Waals surface area contributed by atoms with Crippen molar-refractivity contribution in [1.82, 2.24) is 5.32 Å². The lowest BCUT2D eigenvalue weighted by atomic mass is 10.1. The Hall–Kier alpha value is -1.30. The van der Waals surface area contributed by atoms with Crippen LogP contribution in [-0.2, 0) is 9.47 Å². The van der Waals surface area contributed by atoms with Gasteiger partial charge in [-0.2, -0.15) is 0 Å². The van der Waals surface area contributed by atoms with E-state index in [4.69, 9.17) is 18.9 Å². The Balaban J connectivity index is 1.97. The van der Waals surface area contributed by atoms with Crippen molar-refractivity contribution in [3.8, 4) is 11.5 Å². The standard InChI is InChI=1S/C14H21NO4/c1-10(7-16-3)17-8-12(15-2)11-4-5-13-14(6-11)19-9-18-13/h4-6,10,12,15H,7-9H2,1-3H3. The fraction of sp³-hybridized carbons (Fsp3) is 0.571. The highest BCUT2D eigenvalue weighted by atomic mass is 16.7. The van der Waals surface area contributed by atoms with Crippen LogP contribution in [0.2, 0.25) is 0 Å². The van der Waals surface area contributed by atoms with Crippen LogP contribution in [0.5, 0.6) is 11.5 Å². The van der Waals surface area contributed by atoms with E-state index in [0.717, 1.165) is 17.1 Å². The van der Waals surface area contributed by atoms with E-state index >= 15 is 0 Å². The second kappa shape index (κ2) is 6.75. The predicted molar refractivity (Wildman–Crippen MR) is 71.7 cm³/mol. The van der Waals surface area contributed by atoms with Gasteiger partial charge in [-0.05, 0) is 31.7 Å². The topological polar surface area (TPSA) is 49.0 Å². The zero-order valence-corrected chi connectivity index (χ0v) is 11.6. The molecule has 2 unspecified atom stereocenters. The molecular weight excluding hydrogens is 246 g/mol. The minimum absolute atomic E-state index is 0.0786. The highest BCUT2D eigenvalue weighted by molar-refractivity contribution is 5.45. The molecule has 1 aromatic rings. The molecule has 1 aromatic carbocycles. The monoisotopic (exact) mass is 267 g/mol. The van der Waals surface area contributed by atoms with E-state index in [1.165, 1.54) is 0 Å². The fourth-order valence-electron chi connectivity index (χ4n) is 2.02. The van der Waals surface area contributed by atoms with Crippen molar-refractivity contribution in [3.05, 3.63) is 23.8 Å². The molecule has 5 heteroatoms. The van der Waals surface area contributed by atoms with E-state index in [0.29, 0.717) is 20.0 Å². The molecule has 2 atom stereocenters. The summed E-state index contributed by atoms with van der Waals surface area (Å²) in [5, 5.41) is 3.24. The van der Waals surface area contributed by atoms with E-state index < -0.39 is 0 Å². The number of fused-ring (bicyclic) bond motifs is 1. The zero-order chi connectivity index (χ0) is 13.7. The molecule has 0 radical (unpaired) electrons. The number of hydrogen-bond acceptors (Lipinski definition) is 5. The van der Waals surface area contributed by atoms with Crippen LogP contribution >= 0.6 is 0 Å². The minimum Gasteiger partial charge on any atom is -0.454 e. The fourth-order valence-corrected chi connectivity index (χ4v) is 2.02. The maximum atomic E-state index is 5.75. The molecule has 0 fully saturated rings. The lowest BCUT2D eigenvalue weighted by Gasteiger charge is -2.20. The summed E-state index contributed by atoms with van der Waals surface area (Å²) in [6.07, 6.45) is 0.0786. The molecule has 1 aliphatic rings. The Morgan fingerprint density at radius 2 is 2.05 bits per heavy atom. The van der Waals surface area contributed by atoms with Crippen LogP contribution in [0.1, 0.15) is 18.5 Å². The molecule has 1 aliphatic heterocycles. The van der Waals surface area contributed by atoms with Gasteiger partial charge in [0.05, 0.1) is 25.4 Å². The normalized spacial score (nSPS) is 16.4. The molecule has 19 heavy (non-hydrogen) atoms. The molecule has 1 heterocycles. The first kappa shape index (κ1) is 14.1. The van der Waals surface area contributed by atoms with Crippen LogP contribution in [0.4, 0.5) is 0 Å². The lowest BCUT2D eigenvalue weighted by molar-refractivity contribution is 0.000199. The Morgan fingerprint density at radius 1 is 1.26 bits per heavy atom. The summed E-state index contributed by atoms with van der Waals surface area (Å²) in [5.41, 5.74) is 1.12. The summed E-state index contributed by atoms with van der Waals surface area (Å²) in [7, 11) is 3.59. The van der Waals surface area contributed by atoms with Gasteiger partial charge in [0, 0.05) is 7.11 Å². The predicted octanol–water partition coefficient (Wildman–Crippen LogP) is 1.73. The number of ether oxygens (including phenoxy) is 4. The summed E-state index contributed by atoms with van der Waals surface area (Å²) in [6.45, 7) is 3.47. The molecule has 0 spiro atoms. The van der Waals surface area contributed by atoms with E-state index in [1.807, 2.05) is 32.2 Å². The third-order valence-corrected chi connectivity index (χ3v) is 3.10. The second-order valence-corrected chi connectivity index (χ2v) is 4.55. The van der Waals surface area contributed by atoms with Crippen LogP contribution in [-0.4, -0.2) is 40.3 Å². The molecular formula is C14H21NO4. The number of rotatable bonds is 7.